The van der Waals surface area contributed by atoms with E-state index in [-0.39, 0.29) is 0 Å². The van der Waals surface area contributed by atoms with E-state index in [0.717, 1.165) is 16.9 Å². The van der Waals surface area contributed by atoms with E-state index < -0.39 is 36.8 Å². The van der Waals surface area contributed by atoms with Crippen LogP contribution in [0.25, 0.3) is 0 Å². The Labute approximate surface area is 145 Å². The first-order valence-electron chi connectivity index (χ1n) is 7.09. The fraction of sp³-hybridized carbons (Fsp3) is 0.200. The van der Waals surface area contributed by atoms with E-state index in [1.165, 1.54) is 24.3 Å². The SMILES string of the molecule is N#Cc1ccc(OCC(=O)NNC(=O)Cn2ccc(C(F)(F)F)n2)cc1. The highest BCUT2D eigenvalue weighted by atomic mass is 19.4. The molecule has 2 rings (SSSR count). The lowest BCUT2D eigenvalue weighted by atomic mass is 10.2. The molecule has 2 amide bonds. The molecule has 0 saturated carbocycles. The molecule has 26 heavy (non-hydrogen) atoms. The summed E-state index contributed by atoms with van der Waals surface area (Å²) < 4.78 is 43.1. The number of halogens is 3. The van der Waals surface area contributed by atoms with Crippen molar-refractivity contribution in [2.24, 2.45) is 0 Å². The second kappa shape index (κ2) is 8.02. The van der Waals surface area contributed by atoms with Gasteiger partial charge in [0.2, 0.25) is 0 Å². The molecule has 1 heterocycles. The maximum Gasteiger partial charge on any atom is 0.435 e. The van der Waals surface area contributed by atoms with Crippen LogP contribution >= 0.6 is 0 Å². The fourth-order valence-corrected chi connectivity index (χ4v) is 1.74. The van der Waals surface area contributed by atoms with E-state index in [2.05, 4.69) is 10.5 Å². The molecule has 0 aliphatic rings. The minimum absolute atomic E-state index is 0.349. The number of rotatable bonds is 5. The van der Waals surface area contributed by atoms with Crippen LogP contribution in [-0.2, 0) is 22.3 Å². The maximum absolute atomic E-state index is 12.4. The summed E-state index contributed by atoms with van der Waals surface area (Å²) in [6, 6.07) is 8.68. The van der Waals surface area contributed by atoms with Gasteiger partial charge in [0.1, 0.15) is 12.3 Å². The van der Waals surface area contributed by atoms with Crippen LogP contribution in [0.5, 0.6) is 5.75 Å². The molecule has 0 saturated heterocycles. The molecular weight excluding hydrogens is 355 g/mol. The monoisotopic (exact) mass is 367 g/mol. The summed E-state index contributed by atoms with van der Waals surface area (Å²) in [7, 11) is 0. The van der Waals surface area contributed by atoms with E-state index in [4.69, 9.17) is 10.00 Å². The molecule has 2 aromatic rings. The van der Waals surface area contributed by atoms with Crippen LogP contribution in [0.1, 0.15) is 11.3 Å². The zero-order chi connectivity index (χ0) is 19.2. The van der Waals surface area contributed by atoms with Gasteiger partial charge in [0, 0.05) is 6.20 Å². The van der Waals surface area contributed by atoms with Gasteiger partial charge >= 0.3 is 6.18 Å². The Morgan fingerprint density at radius 1 is 1.15 bits per heavy atom. The van der Waals surface area contributed by atoms with E-state index in [9.17, 15) is 22.8 Å². The second-order valence-electron chi connectivity index (χ2n) is 4.92. The first kappa shape index (κ1) is 18.8. The molecule has 2 N–H and O–H groups in total. The van der Waals surface area contributed by atoms with Crippen molar-refractivity contribution < 1.29 is 27.5 Å². The van der Waals surface area contributed by atoms with Gasteiger partial charge in [-0.3, -0.25) is 25.1 Å². The number of ether oxygens (including phenoxy) is 1. The highest BCUT2D eigenvalue weighted by molar-refractivity contribution is 5.82. The molecular formula is C15H12F3N5O3. The standard InChI is InChI=1S/C15H12F3N5O3/c16-15(17,18)12-5-6-23(22-12)8-13(24)20-21-14(25)9-26-11-3-1-10(7-19)2-4-11/h1-6H,8-9H2,(H,20,24)(H,21,25). The predicted molar refractivity (Wildman–Crippen MR) is 80.2 cm³/mol. The quantitative estimate of drug-likeness (QED) is 0.767. The molecule has 0 radical (unpaired) electrons. The fourth-order valence-electron chi connectivity index (χ4n) is 1.74. The molecule has 0 aliphatic heterocycles. The van der Waals surface area contributed by atoms with Crippen molar-refractivity contribution in [2.45, 2.75) is 12.7 Å². The topological polar surface area (TPSA) is 109 Å². The van der Waals surface area contributed by atoms with Crippen molar-refractivity contribution in [1.29, 1.82) is 5.26 Å². The van der Waals surface area contributed by atoms with Crippen molar-refractivity contribution in [3.05, 3.63) is 47.8 Å². The number of benzene rings is 1. The van der Waals surface area contributed by atoms with Crippen LogP contribution in [0, 0.1) is 11.3 Å². The molecule has 1 aromatic carbocycles. The van der Waals surface area contributed by atoms with Gasteiger partial charge < -0.3 is 4.74 Å². The Morgan fingerprint density at radius 2 is 1.81 bits per heavy atom. The van der Waals surface area contributed by atoms with Gasteiger partial charge in [-0.2, -0.15) is 23.5 Å². The smallest absolute Gasteiger partial charge is 0.435 e. The van der Waals surface area contributed by atoms with Crippen LogP contribution in [0.4, 0.5) is 13.2 Å². The summed E-state index contributed by atoms with van der Waals surface area (Å²) in [6.45, 7) is -0.918. The lowest BCUT2D eigenvalue weighted by molar-refractivity contribution is -0.141. The van der Waals surface area contributed by atoms with E-state index in [0.29, 0.717) is 11.3 Å². The zero-order valence-electron chi connectivity index (χ0n) is 13.1. The third kappa shape index (κ3) is 5.52. The van der Waals surface area contributed by atoms with Gasteiger partial charge in [0.15, 0.2) is 12.3 Å². The van der Waals surface area contributed by atoms with Gasteiger partial charge in [-0.25, -0.2) is 0 Å². The second-order valence-corrected chi connectivity index (χ2v) is 4.92. The average molecular weight is 367 g/mol. The predicted octanol–water partition coefficient (Wildman–Crippen LogP) is 1.000. The number of nitriles is 1. The maximum atomic E-state index is 12.4. The summed E-state index contributed by atoms with van der Waals surface area (Å²) in [6.07, 6.45) is -3.60. The number of hydrogen-bond acceptors (Lipinski definition) is 5. The number of hydrogen-bond donors (Lipinski definition) is 2. The minimum Gasteiger partial charge on any atom is -0.484 e. The van der Waals surface area contributed by atoms with Crippen molar-refractivity contribution in [3.8, 4) is 11.8 Å². The summed E-state index contributed by atoms with van der Waals surface area (Å²) in [5.74, 6) is -1.10. The molecule has 0 unspecified atom stereocenters. The van der Waals surface area contributed by atoms with Crippen molar-refractivity contribution >= 4 is 11.8 Å². The summed E-state index contributed by atoms with van der Waals surface area (Å²) in [5, 5.41) is 11.9. The van der Waals surface area contributed by atoms with Gasteiger partial charge in [0.05, 0.1) is 11.6 Å². The molecule has 0 atom stereocenters. The average Bonchev–Trinajstić information content (AvgIpc) is 3.07. The first-order valence-corrected chi connectivity index (χ1v) is 7.09. The first-order chi connectivity index (χ1) is 12.3. The van der Waals surface area contributed by atoms with Crippen LogP contribution in [0.15, 0.2) is 36.5 Å². The molecule has 8 nitrogen and oxygen atoms in total. The zero-order valence-corrected chi connectivity index (χ0v) is 13.1. The molecule has 136 valence electrons. The lowest BCUT2D eigenvalue weighted by Gasteiger charge is -2.09. The number of carbonyl (C=O) groups excluding carboxylic acids is 2. The molecule has 11 heteroatoms. The highest BCUT2D eigenvalue weighted by Crippen LogP contribution is 2.27. The molecule has 0 bridgehead atoms. The Morgan fingerprint density at radius 3 is 2.38 bits per heavy atom. The summed E-state index contributed by atoms with van der Waals surface area (Å²) >= 11 is 0. The van der Waals surface area contributed by atoms with Gasteiger partial charge in [-0.05, 0) is 30.3 Å². The number of hydrazine groups is 1. The number of nitrogens with zero attached hydrogens (tertiary/aromatic N) is 3. The number of carbonyl (C=O) groups is 2. The summed E-state index contributed by atoms with van der Waals surface area (Å²) in [4.78, 5) is 23.1. The Kier molecular flexibility index (Phi) is 5.79. The highest BCUT2D eigenvalue weighted by Gasteiger charge is 2.33. The molecule has 0 spiro atoms. The molecule has 0 fully saturated rings. The third-order valence-electron chi connectivity index (χ3n) is 2.93. The minimum atomic E-state index is -4.60. The van der Waals surface area contributed by atoms with Crippen molar-refractivity contribution in [2.75, 3.05) is 6.61 Å². The van der Waals surface area contributed by atoms with Gasteiger partial charge in [-0.1, -0.05) is 0 Å². The van der Waals surface area contributed by atoms with Crippen LogP contribution < -0.4 is 15.6 Å². The van der Waals surface area contributed by atoms with Crippen molar-refractivity contribution in [3.63, 3.8) is 0 Å². The summed E-state index contributed by atoms with van der Waals surface area (Å²) in [5.41, 5.74) is 3.39. The Balaban J connectivity index is 1.73. The van der Waals surface area contributed by atoms with E-state index in [1.807, 2.05) is 11.5 Å². The lowest BCUT2D eigenvalue weighted by Crippen LogP contribution is -2.45. The van der Waals surface area contributed by atoms with Crippen LogP contribution in [0.2, 0.25) is 0 Å². The van der Waals surface area contributed by atoms with Crippen LogP contribution in [0.3, 0.4) is 0 Å². The number of amides is 2. The largest absolute Gasteiger partial charge is 0.484 e. The number of aromatic nitrogens is 2. The molecule has 0 aliphatic carbocycles. The molecule has 1 aromatic heterocycles. The van der Waals surface area contributed by atoms with Crippen LogP contribution in [-0.4, -0.2) is 28.2 Å². The van der Waals surface area contributed by atoms with E-state index >= 15 is 0 Å². The Bertz CT molecular complexity index is 824. The van der Waals surface area contributed by atoms with E-state index in [1.54, 1.807) is 0 Å². The van der Waals surface area contributed by atoms with Crippen molar-refractivity contribution in [1.82, 2.24) is 20.6 Å². The van der Waals surface area contributed by atoms with Gasteiger partial charge in [0.25, 0.3) is 11.8 Å². The number of alkyl halides is 3. The number of nitrogens with one attached hydrogen (secondary N) is 2. The third-order valence-corrected chi connectivity index (χ3v) is 2.93. The Hall–Kier alpha value is -3.55. The van der Waals surface area contributed by atoms with Gasteiger partial charge in [-0.15, -0.1) is 0 Å². The normalized spacial score (nSPS) is 10.7.